The summed E-state index contributed by atoms with van der Waals surface area (Å²) < 4.78 is 3.17. The van der Waals surface area contributed by atoms with Crippen molar-refractivity contribution in [2.75, 3.05) is 56.0 Å². The summed E-state index contributed by atoms with van der Waals surface area (Å²) in [6.07, 6.45) is 9.42. The van der Waals surface area contributed by atoms with E-state index >= 15 is 0 Å². The van der Waals surface area contributed by atoms with Crippen molar-refractivity contribution < 1.29 is 24.6 Å². The van der Waals surface area contributed by atoms with Crippen LogP contribution in [0.15, 0.2) is 95.9 Å². The first-order chi connectivity index (χ1) is 38.8. The number of nitrogens with one attached hydrogen (secondary N) is 3. The molecule has 3 amide bonds. The van der Waals surface area contributed by atoms with Crippen LogP contribution in [0.2, 0.25) is 0 Å². The zero-order chi connectivity index (χ0) is 57.2. The minimum Gasteiger partial charge on any atom is -0.391 e. The predicted molar refractivity (Wildman–Crippen MR) is 316 cm³/mol. The van der Waals surface area contributed by atoms with Crippen LogP contribution in [-0.2, 0) is 33.1 Å². The first-order valence-electron chi connectivity index (χ1n) is 28.8. The Kier molecular flexibility index (Phi) is 17.2. The molecule has 430 valence electrons. The summed E-state index contributed by atoms with van der Waals surface area (Å²) in [5, 5.41) is 31.2. The molecule has 5 N–H and O–H groups in total. The lowest BCUT2D eigenvalue weighted by atomic mass is 9.84. The van der Waals surface area contributed by atoms with Gasteiger partial charge in [0.25, 0.3) is 5.56 Å². The zero-order valence-corrected chi connectivity index (χ0v) is 48.5. The van der Waals surface area contributed by atoms with Gasteiger partial charge in [0.05, 0.1) is 34.4 Å². The Balaban J connectivity index is 0.656. The van der Waals surface area contributed by atoms with E-state index in [0.29, 0.717) is 47.0 Å². The lowest BCUT2D eigenvalue weighted by Gasteiger charge is -2.45. The van der Waals surface area contributed by atoms with Crippen LogP contribution in [0.5, 0.6) is 0 Å². The SMILES string of the molecule is C=CCn1c(=O)c2cnc(Nc3ccc(N4CCN(C5CCC(N6CCC(CC(=O)N[C@H](C(=O)N7CC(O)CC7C(=O)NCc7ccc(-c8scnc8C)cc7)C(C)(C)C)CC6)CC5)CC4)cc3)nc2n1-c1cccc(C(C)(C)O)n1. The molecule has 7 heterocycles. The highest BCUT2D eigenvalue weighted by Gasteiger charge is 2.45. The van der Waals surface area contributed by atoms with Crippen molar-refractivity contribution >= 4 is 57.4 Å². The van der Waals surface area contributed by atoms with Crippen molar-refractivity contribution in [2.45, 2.75) is 142 Å². The molecule has 20 heteroatoms. The highest BCUT2D eigenvalue weighted by Crippen LogP contribution is 2.34. The van der Waals surface area contributed by atoms with Gasteiger partial charge in [0.2, 0.25) is 23.7 Å². The Morgan fingerprint density at radius 2 is 1.53 bits per heavy atom. The van der Waals surface area contributed by atoms with Crippen LogP contribution >= 0.6 is 11.3 Å². The molecule has 3 atom stereocenters. The van der Waals surface area contributed by atoms with Gasteiger partial charge in [-0.3, -0.25) is 24.1 Å². The molecule has 2 aromatic carbocycles. The van der Waals surface area contributed by atoms with Gasteiger partial charge < -0.3 is 40.9 Å². The largest absolute Gasteiger partial charge is 0.391 e. The van der Waals surface area contributed by atoms with E-state index in [2.05, 4.69) is 64.3 Å². The molecule has 4 aliphatic rings. The second-order valence-electron chi connectivity index (χ2n) is 24.1. The summed E-state index contributed by atoms with van der Waals surface area (Å²) in [4.78, 5) is 83.8. The Bertz CT molecular complexity index is 3250. The lowest BCUT2D eigenvalue weighted by molar-refractivity contribution is -0.144. The number of pyridine rings is 1. The molecular weight excluding hydrogens is 1040 g/mol. The van der Waals surface area contributed by atoms with Gasteiger partial charge in [0, 0.05) is 81.8 Å². The first kappa shape index (κ1) is 57.4. The number of amides is 3. The summed E-state index contributed by atoms with van der Waals surface area (Å²) >= 11 is 1.59. The molecule has 4 fully saturated rings. The van der Waals surface area contributed by atoms with E-state index in [-0.39, 0.29) is 55.3 Å². The van der Waals surface area contributed by atoms with Gasteiger partial charge >= 0.3 is 0 Å². The number of benzene rings is 2. The number of hydrogen-bond acceptors (Lipinski definition) is 15. The molecule has 3 saturated heterocycles. The van der Waals surface area contributed by atoms with Crippen molar-refractivity contribution in [2.24, 2.45) is 11.3 Å². The second-order valence-corrected chi connectivity index (χ2v) is 25.0. The van der Waals surface area contributed by atoms with Gasteiger partial charge in [-0.05, 0) is 131 Å². The molecule has 1 saturated carbocycles. The second kappa shape index (κ2) is 24.3. The molecule has 6 aromatic rings. The van der Waals surface area contributed by atoms with Crippen LogP contribution in [0.25, 0.3) is 27.3 Å². The summed E-state index contributed by atoms with van der Waals surface area (Å²) in [5.41, 5.74) is 5.57. The number of β-amino-alcohol motifs (C(OH)–C–C–N with tert-alkyl or cyclic N) is 1. The molecule has 19 nitrogen and oxygen atoms in total. The molecule has 2 unspecified atom stereocenters. The predicted octanol–water partition coefficient (Wildman–Crippen LogP) is 6.91. The zero-order valence-electron chi connectivity index (χ0n) is 47.7. The van der Waals surface area contributed by atoms with Gasteiger partial charge in [-0.25, -0.2) is 24.3 Å². The first-order valence-corrected chi connectivity index (χ1v) is 29.6. The Morgan fingerprint density at radius 1 is 0.852 bits per heavy atom. The smallest absolute Gasteiger partial charge is 0.278 e. The maximum atomic E-state index is 14.3. The van der Waals surface area contributed by atoms with Crippen molar-refractivity contribution in [1.29, 1.82) is 0 Å². The summed E-state index contributed by atoms with van der Waals surface area (Å²) in [7, 11) is 0. The van der Waals surface area contributed by atoms with Gasteiger partial charge in [0.15, 0.2) is 11.5 Å². The van der Waals surface area contributed by atoms with Gasteiger partial charge in [-0.1, -0.05) is 57.2 Å². The van der Waals surface area contributed by atoms with Crippen LogP contribution < -0.4 is 26.4 Å². The standard InChI is InChI=1S/C61H79N13O6S/c1-8-26-73-57(78)48-36-63-59(68-55(48)74(73)51-11-9-10-50(66-51)61(6,7)80)65-43-16-18-44(19-17-43)70-29-31-71(32-30-70)46-22-20-45(21-23-46)69-27-24-40(25-28-69)33-52(76)67-54(60(3,4)5)58(79)72-37-47(75)34-49(72)56(77)62-35-41-12-14-42(15-13-41)53-39(2)64-38-81-53/h8-19,36,38,40,45-47,49,54,75,80H,1,20-35,37H2,2-7H3,(H,62,77)(H,67,76)(H,63,65,68)/t45?,46?,47?,49?,54-/m1/s1. The number of nitrogens with zero attached hydrogens (tertiary/aromatic N) is 10. The fourth-order valence-corrected chi connectivity index (χ4v) is 13.1. The van der Waals surface area contributed by atoms with Crippen molar-refractivity contribution in [3.63, 3.8) is 0 Å². The third kappa shape index (κ3) is 13.1. The molecule has 0 bridgehead atoms. The minimum absolute atomic E-state index is 0.0382. The molecule has 10 rings (SSSR count). The van der Waals surface area contributed by atoms with E-state index in [1.807, 2.05) is 69.6 Å². The van der Waals surface area contributed by atoms with Crippen LogP contribution in [-0.4, -0.2) is 148 Å². The Morgan fingerprint density at radius 3 is 2.16 bits per heavy atom. The number of carbonyl (C=O) groups excluding carboxylic acids is 3. The number of likely N-dealkylation sites (tertiary alicyclic amines) is 2. The number of carbonyl (C=O) groups is 3. The van der Waals surface area contributed by atoms with Crippen LogP contribution in [0, 0.1) is 18.3 Å². The topological polar surface area (TPSA) is 219 Å². The molecule has 0 radical (unpaired) electrons. The van der Waals surface area contributed by atoms with E-state index < -0.39 is 29.2 Å². The molecule has 1 aliphatic carbocycles. The lowest BCUT2D eigenvalue weighted by Crippen LogP contribution is -2.58. The quantitative estimate of drug-likeness (QED) is 0.0587. The van der Waals surface area contributed by atoms with E-state index in [1.165, 1.54) is 41.5 Å². The number of fused-ring (bicyclic) bond motifs is 1. The number of anilines is 3. The third-order valence-electron chi connectivity index (χ3n) is 16.9. The number of aromatic nitrogens is 6. The maximum absolute atomic E-state index is 14.3. The monoisotopic (exact) mass is 1120 g/mol. The summed E-state index contributed by atoms with van der Waals surface area (Å²) in [5.74, 6) is 0.200. The number of allylic oxidation sites excluding steroid dienone is 1. The highest BCUT2D eigenvalue weighted by atomic mass is 32.1. The molecule has 0 spiro atoms. The van der Waals surface area contributed by atoms with Gasteiger partial charge in [-0.2, -0.15) is 4.98 Å². The van der Waals surface area contributed by atoms with Crippen LogP contribution in [0.4, 0.5) is 17.3 Å². The normalized spacial score (nSPS) is 21.0. The summed E-state index contributed by atoms with van der Waals surface area (Å²) in [6.45, 7) is 21.4. The Labute approximate surface area is 478 Å². The van der Waals surface area contributed by atoms with Gasteiger partial charge in [0.1, 0.15) is 23.1 Å². The average molecular weight is 1120 g/mol. The van der Waals surface area contributed by atoms with E-state index in [0.717, 1.165) is 85.2 Å². The number of aliphatic hydroxyl groups is 2. The fraction of sp³-hybridized carbons (Fsp3) is 0.508. The molecule has 3 aliphatic heterocycles. The Hall–Kier alpha value is -6.84. The molecule has 4 aromatic heterocycles. The van der Waals surface area contributed by atoms with Crippen molar-refractivity contribution in [1.82, 2.24) is 54.6 Å². The fourth-order valence-electron chi connectivity index (χ4n) is 12.3. The number of aliphatic hydroxyl groups excluding tert-OH is 1. The van der Waals surface area contributed by atoms with Crippen molar-refractivity contribution in [3.05, 3.63) is 118 Å². The minimum atomic E-state index is -1.18. The number of piperidine rings is 1. The van der Waals surface area contributed by atoms with Crippen LogP contribution in [0.3, 0.4) is 0 Å². The molecular formula is C61H79N13O6S. The highest BCUT2D eigenvalue weighted by molar-refractivity contribution is 7.13. The van der Waals surface area contributed by atoms with Crippen molar-refractivity contribution in [3.8, 4) is 16.3 Å². The summed E-state index contributed by atoms with van der Waals surface area (Å²) in [6, 6.07) is 21.1. The van der Waals surface area contributed by atoms with E-state index in [1.54, 1.807) is 54.1 Å². The molecule has 81 heavy (non-hydrogen) atoms. The van der Waals surface area contributed by atoms with Gasteiger partial charge in [-0.15, -0.1) is 17.9 Å². The van der Waals surface area contributed by atoms with E-state index in [9.17, 15) is 29.4 Å². The number of hydrogen-bond donors (Lipinski definition) is 5. The maximum Gasteiger partial charge on any atom is 0.278 e. The van der Waals surface area contributed by atoms with E-state index in [4.69, 9.17) is 4.98 Å². The number of rotatable bonds is 17. The number of piperazine rings is 1. The number of thiazole rings is 1. The third-order valence-corrected chi connectivity index (χ3v) is 17.9. The van der Waals surface area contributed by atoms with Crippen LogP contribution in [0.1, 0.15) is 103 Å². The average Bonchev–Trinajstić information content (AvgIpc) is 4.01. The number of aryl methyl sites for hydroxylation is 1.